The molecule has 0 bridgehead atoms. The normalized spacial score (nSPS) is 16.6. The summed E-state index contributed by atoms with van der Waals surface area (Å²) in [6, 6.07) is 26.2. The molecule has 1 aliphatic heterocycles. The van der Waals surface area contributed by atoms with Gasteiger partial charge in [0.2, 0.25) is 17.7 Å². The van der Waals surface area contributed by atoms with E-state index >= 15 is 0 Å². The van der Waals surface area contributed by atoms with Gasteiger partial charge in [0, 0.05) is 55.9 Å². The van der Waals surface area contributed by atoms with E-state index in [4.69, 9.17) is 14.2 Å². The molecule has 0 saturated carbocycles. The lowest BCUT2D eigenvalue weighted by atomic mass is 9.68. The van der Waals surface area contributed by atoms with Gasteiger partial charge in [-0.25, -0.2) is 4.79 Å². The van der Waals surface area contributed by atoms with Crippen molar-refractivity contribution in [2.75, 3.05) is 60.7 Å². The van der Waals surface area contributed by atoms with Gasteiger partial charge in [-0.15, -0.1) is 0 Å². The number of carbonyl (C=O) groups excluding carboxylic acids is 4. The van der Waals surface area contributed by atoms with Gasteiger partial charge in [-0.1, -0.05) is 170 Å². The van der Waals surface area contributed by atoms with Crippen molar-refractivity contribution >= 4 is 23.7 Å². The molecule has 3 aromatic rings. The summed E-state index contributed by atoms with van der Waals surface area (Å²) in [5.41, 5.74) is 0.678. The summed E-state index contributed by atoms with van der Waals surface area (Å²) in [5, 5.41) is 17.0. The molecule has 1 fully saturated rings. The number of carbonyl (C=O) groups is 4. The third kappa shape index (κ3) is 21.5. The van der Waals surface area contributed by atoms with Crippen molar-refractivity contribution in [3.8, 4) is 11.5 Å². The van der Waals surface area contributed by atoms with E-state index in [9.17, 15) is 24.3 Å². The first-order chi connectivity index (χ1) is 36.9. The van der Waals surface area contributed by atoms with Crippen molar-refractivity contribution in [3.63, 3.8) is 0 Å². The van der Waals surface area contributed by atoms with Crippen molar-refractivity contribution in [1.29, 1.82) is 0 Å². The molecule has 2 unspecified atom stereocenters. The van der Waals surface area contributed by atoms with Crippen LogP contribution in [0.3, 0.4) is 0 Å². The fourth-order valence-electron chi connectivity index (χ4n) is 10.3. The van der Waals surface area contributed by atoms with Crippen LogP contribution in [0.4, 0.5) is 0 Å². The maximum Gasteiger partial charge on any atom is 0.330 e. The minimum Gasteiger partial charge on any atom is -0.497 e. The van der Waals surface area contributed by atoms with E-state index in [2.05, 4.69) is 41.4 Å². The molecule has 2 atom stereocenters. The highest BCUT2D eigenvalue weighted by atomic mass is 16.5. The molecule has 76 heavy (non-hydrogen) atoms. The summed E-state index contributed by atoms with van der Waals surface area (Å²) >= 11 is 0. The van der Waals surface area contributed by atoms with Gasteiger partial charge >= 0.3 is 5.97 Å². The highest BCUT2D eigenvalue weighted by Gasteiger charge is 2.54. The fourth-order valence-corrected chi connectivity index (χ4v) is 10.3. The van der Waals surface area contributed by atoms with Gasteiger partial charge in [-0.2, -0.15) is 0 Å². The second kappa shape index (κ2) is 35.8. The van der Waals surface area contributed by atoms with Crippen LogP contribution < -0.4 is 20.1 Å². The number of methoxy groups -OCH3 is 3. The maximum atomic E-state index is 13.8. The summed E-state index contributed by atoms with van der Waals surface area (Å²) in [6.07, 6.45) is 31.6. The molecule has 1 heterocycles. The second-order valence-corrected chi connectivity index (χ2v) is 21.4. The number of ether oxygens (including phenoxy) is 4. The third-order valence-electron chi connectivity index (χ3n) is 15.5. The first-order valence-electron chi connectivity index (χ1n) is 28.8. The Hall–Kier alpha value is -5.46. The first kappa shape index (κ1) is 63.1. The van der Waals surface area contributed by atoms with Crippen molar-refractivity contribution < 1.29 is 43.2 Å². The molecule has 0 spiro atoms. The molecule has 3 amide bonds. The maximum absolute atomic E-state index is 13.8. The van der Waals surface area contributed by atoms with Gasteiger partial charge in [0.15, 0.2) is 0 Å². The lowest BCUT2D eigenvalue weighted by molar-refractivity contribution is -0.135. The summed E-state index contributed by atoms with van der Waals surface area (Å²) in [5.74, 6) is 1.45. The number of rotatable bonds is 40. The number of nitrogens with one attached hydrogen (secondary N) is 2. The summed E-state index contributed by atoms with van der Waals surface area (Å²) in [7, 11) is 4.70. The van der Waals surface area contributed by atoms with Gasteiger partial charge in [-0.05, 0) is 98.4 Å². The van der Waals surface area contributed by atoms with Crippen LogP contribution in [0.5, 0.6) is 11.5 Å². The van der Waals surface area contributed by atoms with Crippen molar-refractivity contribution in [2.24, 2.45) is 10.8 Å². The summed E-state index contributed by atoms with van der Waals surface area (Å²) < 4.78 is 23.0. The molecule has 1 aliphatic rings. The number of benzene rings is 3. The average Bonchev–Trinajstić information content (AvgIpc) is 3.74. The van der Waals surface area contributed by atoms with Gasteiger partial charge in [-0.3, -0.25) is 14.4 Å². The molecule has 12 heteroatoms. The highest BCUT2D eigenvalue weighted by Crippen LogP contribution is 2.49. The summed E-state index contributed by atoms with van der Waals surface area (Å²) in [4.78, 5) is 51.3. The highest BCUT2D eigenvalue weighted by molar-refractivity contribution is 5.87. The fraction of sp³-hybridized carbons (Fsp3) is 0.594. The molecule has 12 nitrogen and oxygen atoms in total. The zero-order valence-electron chi connectivity index (χ0n) is 47.2. The molecule has 1 saturated heterocycles. The van der Waals surface area contributed by atoms with Gasteiger partial charge in [0.1, 0.15) is 17.1 Å². The Balaban J connectivity index is 1.02. The Bertz CT molecular complexity index is 2110. The second-order valence-electron chi connectivity index (χ2n) is 21.4. The van der Waals surface area contributed by atoms with E-state index in [-0.39, 0.29) is 36.9 Å². The minimum atomic E-state index is -1.01. The number of aliphatic hydroxyl groups is 1. The number of aliphatic hydroxyl groups excluding tert-OH is 1. The standard InChI is InChI=1S/C64H95N3O9/c1-62(51-68)49-67(50-63(62,2)52-76-64(53-33-25-24-26-34-53,54-39-43-56(73-3)44-40-54)55-41-45-57(74-4)46-42-55)60(71)37-29-20-15-14-19-28-36-59(70)66-48-31-22-16-10-6-8-12-18-27-35-58(69)65-47-32-23-17-11-7-9-13-21-30-38-61(72)75-5/h24-27,30,33-35,38-46,68H,6-23,28-29,31-32,36-37,47-52H2,1-5H3,(H,65,69)(H,66,70). The largest absolute Gasteiger partial charge is 0.497 e. The van der Waals surface area contributed by atoms with E-state index < -0.39 is 16.4 Å². The first-order valence-corrected chi connectivity index (χ1v) is 28.8. The molecule has 4 rings (SSSR count). The Kier molecular flexibility index (Phi) is 29.7. The SMILES string of the molecule is COC(=O)C=CCCCCCCCCCNC(=O)C=CCCCCCCCCCNC(=O)CCCCCCCCC(=O)N1CC(C)(CO)C(C)(COC(c2ccccc2)(c2ccc(OC)cc2)c2ccc(OC)cc2)C1. The Morgan fingerprint density at radius 1 is 0.553 bits per heavy atom. The number of esters is 1. The lowest BCUT2D eigenvalue weighted by Gasteiger charge is -2.43. The molecular formula is C64H95N3O9. The van der Waals surface area contributed by atoms with Crippen LogP contribution in [0, 0.1) is 10.8 Å². The van der Waals surface area contributed by atoms with E-state index in [1.165, 1.54) is 64.6 Å². The van der Waals surface area contributed by atoms with Crippen LogP contribution in [-0.2, 0) is 34.3 Å². The number of allylic oxidation sites excluding steroid dienone is 2. The predicted molar refractivity (Wildman–Crippen MR) is 305 cm³/mol. The lowest BCUT2D eigenvalue weighted by Crippen LogP contribution is -2.46. The zero-order valence-corrected chi connectivity index (χ0v) is 47.2. The summed E-state index contributed by atoms with van der Waals surface area (Å²) in [6.45, 7) is 6.83. The smallest absolute Gasteiger partial charge is 0.330 e. The average molecular weight is 1050 g/mol. The van der Waals surface area contributed by atoms with E-state index in [1.54, 1.807) is 20.3 Å². The van der Waals surface area contributed by atoms with E-state index in [0.717, 1.165) is 131 Å². The number of likely N-dealkylation sites (tertiary alicyclic amines) is 1. The Labute approximate surface area is 457 Å². The van der Waals surface area contributed by atoms with Gasteiger partial charge in [0.05, 0.1) is 34.5 Å². The zero-order chi connectivity index (χ0) is 54.8. The van der Waals surface area contributed by atoms with Crippen molar-refractivity contribution in [3.05, 3.63) is 120 Å². The topological polar surface area (TPSA) is 153 Å². The number of nitrogens with zero attached hydrogens (tertiary/aromatic N) is 1. The van der Waals surface area contributed by atoms with E-state index in [1.807, 2.05) is 83.8 Å². The molecule has 0 aromatic heterocycles. The van der Waals surface area contributed by atoms with Crippen LogP contribution in [0.1, 0.15) is 185 Å². The Morgan fingerprint density at radius 2 is 1.00 bits per heavy atom. The van der Waals surface area contributed by atoms with Gasteiger partial charge in [0.25, 0.3) is 0 Å². The van der Waals surface area contributed by atoms with Crippen LogP contribution in [0.2, 0.25) is 0 Å². The van der Waals surface area contributed by atoms with Crippen molar-refractivity contribution in [1.82, 2.24) is 15.5 Å². The molecule has 3 aromatic carbocycles. The number of amides is 3. The van der Waals surface area contributed by atoms with Crippen LogP contribution >= 0.6 is 0 Å². The third-order valence-corrected chi connectivity index (χ3v) is 15.5. The van der Waals surface area contributed by atoms with Gasteiger partial charge < -0.3 is 39.6 Å². The molecule has 0 radical (unpaired) electrons. The van der Waals surface area contributed by atoms with Crippen molar-refractivity contribution in [2.45, 2.75) is 174 Å². The van der Waals surface area contributed by atoms with Crippen LogP contribution in [0.15, 0.2) is 103 Å². The monoisotopic (exact) mass is 1050 g/mol. The number of hydrogen-bond acceptors (Lipinski definition) is 9. The van der Waals surface area contributed by atoms with E-state index in [0.29, 0.717) is 25.9 Å². The molecule has 0 aliphatic carbocycles. The predicted octanol–water partition coefficient (Wildman–Crippen LogP) is 12.7. The molecule has 3 N–H and O–H groups in total. The van der Waals surface area contributed by atoms with Crippen LogP contribution in [-0.4, -0.2) is 94.4 Å². The minimum absolute atomic E-state index is 0.00400. The number of unbranched alkanes of at least 4 members (excludes halogenated alkanes) is 19. The Morgan fingerprint density at radius 3 is 1.51 bits per heavy atom. The quantitative estimate of drug-likeness (QED) is 0.0219. The molecule has 420 valence electrons. The number of hydrogen-bond donors (Lipinski definition) is 3. The molecular weight excluding hydrogens is 955 g/mol. The van der Waals surface area contributed by atoms with Crippen LogP contribution in [0.25, 0.3) is 0 Å².